The Hall–Kier alpha value is -4.44. The summed E-state index contributed by atoms with van der Waals surface area (Å²) in [7, 11) is -21.0. The number of carbonyl (C=O) groups is 1. The molecule has 0 aromatic heterocycles. The molecule has 0 amide bonds. The van der Waals surface area contributed by atoms with E-state index in [-0.39, 0.29) is 58.1 Å². The summed E-state index contributed by atoms with van der Waals surface area (Å²) in [4.78, 5) is 15.1. The number of sulfonamides is 1. The summed E-state index contributed by atoms with van der Waals surface area (Å²) in [5.74, 6) is -28.3. The Morgan fingerprint density at radius 3 is 1.41 bits per heavy atom. The van der Waals surface area contributed by atoms with Gasteiger partial charge in [0.25, 0.3) is 11.8 Å². The summed E-state index contributed by atoms with van der Waals surface area (Å²) >= 11 is 0. The van der Waals surface area contributed by atoms with Crippen LogP contribution in [-0.2, 0) is 74.6 Å². The van der Waals surface area contributed by atoms with Gasteiger partial charge >= 0.3 is 49.9 Å². The zero-order valence-corrected chi connectivity index (χ0v) is 62.0. The Morgan fingerprint density at radius 1 is 0.604 bits per heavy atom. The smallest absolute Gasteiger partial charge is 0.858 e. The number of carbonyl (C=O) groups excluding carboxylic acids is 1. The van der Waals surface area contributed by atoms with Gasteiger partial charge in [0.15, 0.2) is 11.0 Å². The molecular formula is C68H85F18N3O18S4. The van der Waals surface area contributed by atoms with Crippen LogP contribution in [0.4, 0.5) is 79.0 Å². The molecule has 111 heavy (non-hydrogen) atoms. The van der Waals surface area contributed by atoms with Gasteiger partial charge in [0.1, 0.15) is 58.5 Å². The third kappa shape index (κ3) is 18.0. The summed E-state index contributed by atoms with van der Waals surface area (Å²) in [6.07, 6.45) is -0.956. The molecule has 12 saturated carbocycles. The molecule has 0 N–H and O–H groups in total. The van der Waals surface area contributed by atoms with Crippen molar-refractivity contribution in [1.82, 2.24) is 0 Å². The van der Waals surface area contributed by atoms with Crippen LogP contribution in [0.25, 0.3) is 10.0 Å². The number of ether oxygens (including phenoxy) is 5. The predicted molar refractivity (Wildman–Crippen MR) is 352 cm³/mol. The van der Waals surface area contributed by atoms with Crippen molar-refractivity contribution in [2.24, 2.45) is 87.3 Å². The van der Waals surface area contributed by atoms with Gasteiger partial charge in [-0.1, -0.05) is 74.1 Å². The van der Waals surface area contributed by atoms with Crippen molar-refractivity contribution in [1.29, 1.82) is 0 Å². The lowest BCUT2D eigenvalue weighted by Gasteiger charge is -2.58. The lowest BCUT2D eigenvalue weighted by atomic mass is 9.49. The highest BCUT2D eigenvalue weighted by molar-refractivity contribution is 7.95. The van der Waals surface area contributed by atoms with Gasteiger partial charge in [-0.05, 0) is 150 Å². The van der Waals surface area contributed by atoms with E-state index in [9.17, 15) is 136 Å². The van der Waals surface area contributed by atoms with Gasteiger partial charge in [0, 0.05) is 60.1 Å². The van der Waals surface area contributed by atoms with Crippen LogP contribution in [0, 0.1) is 82.3 Å². The Bertz CT molecular complexity index is 4100. The number of halogens is 18. The summed E-state index contributed by atoms with van der Waals surface area (Å²) < 4.78 is 380. The average Bonchev–Trinajstić information content (AvgIpc) is 1.54. The molecular weight excluding hydrogens is 1620 g/mol. The van der Waals surface area contributed by atoms with Crippen LogP contribution in [-0.4, -0.2) is 186 Å². The molecule has 0 radical (unpaired) electrons. The third-order valence-corrected chi connectivity index (χ3v) is 28.3. The Labute approximate surface area is 636 Å². The number of aliphatic imine (C=N–C) groups is 1. The van der Waals surface area contributed by atoms with Gasteiger partial charge in [-0.3, -0.25) is 9.79 Å². The first-order valence-electron chi connectivity index (χ1n) is 36.0. The van der Waals surface area contributed by atoms with E-state index < -0.39 is 202 Å². The van der Waals surface area contributed by atoms with E-state index in [0.29, 0.717) is 61.7 Å². The molecule has 16 aliphatic rings. The molecule has 18 rings (SSSR count). The lowest BCUT2D eigenvalue weighted by molar-refractivity contribution is -0.304. The second kappa shape index (κ2) is 30.8. The number of alkyl halides is 18. The van der Waals surface area contributed by atoms with Crippen LogP contribution < -0.4 is 5.11 Å². The molecule has 3 saturated heterocycles. The zero-order chi connectivity index (χ0) is 81.9. The van der Waals surface area contributed by atoms with E-state index >= 15 is 0 Å². The van der Waals surface area contributed by atoms with Gasteiger partial charge in [0.05, 0.1) is 29.8 Å². The van der Waals surface area contributed by atoms with Crippen LogP contribution in [0.15, 0.2) is 65.7 Å². The molecule has 630 valence electrons. The fourth-order valence-electron chi connectivity index (χ4n) is 20.3. The second-order valence-electron chi connectivity index (χ2n) is 31.8. The van der Waals surface area contributed by atoms with Crippen LogP contribution in [0.5, 0.6) is 0 Å². The van der Waals surface area contributed by atoms with Crippen molar-refractivity contribution >= 4 is 52.2 Å². The van der Waals surface area contributed by atoms with Crippen molar-refractivity contribution in [2.75, 3.05) is 44.3 Å². The van der Waals surface area contributed by atoms with Crippen LogP contribution in [0.3, 0.4) is 0 Å². The van der Waals surface area contributed by atoms with Gasteiger partial charge in [0.2, 0.25) is 5.79 Å². The third-order valence-electron chi connectivity index (χ3n) is 24.3. The van der Waals surface area contributed by atoms with Crippen molar-refractivity contribution in [3.8, 4) is 0 Å². The highest BCUT2D eigenvalue weighted by Crippen LogP contribution is 2.68. The van der Waals surface area contributed by atoms with Gasteiger partial charge < -0.3 is 52.5 Å². The molecule has 11 atom stereocenters. The molecule has 12 bridgehead atoms. The lowest BCUT2D eigenvalue weighted by Crippen LogP contribution is -2.59. The first-order chi connectivity index (χ1) is 51.0. The highest BCUT2D eigenvalue weighted by Gasteiger charge is 2.73. The van der Waals surface area contributed by atoms with E-state index in [1.165, 1.54) is 6.42 Å². The minimum absolute atomic E-state index is 0. The molecule has 11 unspecified atom stereocenters. The first-order valence-corrected chi connectivity index (χ1v) is 42.0. The van der Waals surface area contributed by atoms with Gasteiger partial charge in [-0.15, -0.1) is 6.54 Å². The van der Waals surface area contributed by atoms with E-state index in [1.807, 2.05) is 60.7 Å². The topological polar surface area (TPSA) is 333 Å². The van der Waals surface area contributed by atoms with Gasteiger partial charge in [-0.25, -0.2) is 51.2 Å². The molecule has 43 heteroatoms. The van der Waals surface area contributed by atoms with E-state index in [4.69, 9.17) is 23.7 Å². The summed E-state index contributed by atoms with van der Waals surface area (Å²) in [6, 6.07) is 18.7. The Morgan fingerprint density at radius 2 is 1.03 bits per heavy atom. The number of esters is 1. The maximum atomic E-state index is 14.7. The van der Waals surface area contributed by atoms with E-state index in [0.717, 1.165) is 67.9 Å². The molecule has 1 spiro atoms. The number of hydrogen-bond donors (Lipinski definition) is 0. The number of rotatable bonds is 14. The molecule has 4 heterocycles. The van der Waals surface area contributed by atoms with E-state index in [2.05, 4.69) is 15.0 Å². The molecule has 2 aromatic rings. The predicted octanol–water partition coefficient (Wildman–Crippen LogP) is 12.8. The van der Waals surface area contributed by atoms with Crippen molar-refractivity contribution in [2.45, 2.75) is 205 Å². The molecule has 21 nitrogen and oxygen atoms in total. The molecule has 12 aliphatic carbocycles. The quantitative estimate of drug-likeness (QED) is 0.0963. The first kappa shape index (κ1) is 87.4. The Kier molecular flexibility index (Phi) is 24.3. The van der Waals surface area contributed by atoms with Crippen LogP contribution >= 0.6 is 0 Å². The minimum Gasteiger partial charge on any atom is -0.858 e. The standard InChI is InChI=1S/C22H22F2O5S.C19H26F2O5S.C14H19F3O5S.C5H5F4NO.C4H4F4NO2S.C4H7F3N/c23-21(24,13-30(25,26)27)18-12-14-11-17(18)20-19(14)28-22(29-20,15-7-3-1-4-8-15)16-9-5-2-6-10-16;20-18(21,8-27(22,23)24)15-7-11-6-14(15)17-16(11)25-19(26-17)12-2-9-1-10(4-12)5-13(19)3-9;15-14(16,17)11(23(19,20)21)7-22-12(18)13-4-8-1-9(5-13)3-10(2-8)6-13;6-4(7)1-2-10-3(11)5(4,8)9;5-3(6)1-2-9-12(10,11)4(3,7)8;1-2-8-3-4(5,6)7/h1-10,14,17-20H,11-13H2,(H,25,26,27);9-17H,1-8H2,(H,22,23,24);8-11H,1-7H2,(H,19,20,21);1-2H2,(H,10,11);1-2H2;2-3H2,1H3/q;;;;2*-1/p+2/i/hT6. The number of benzene rings is 2. The maximum Gasteiger partial charge on any atom is 1.00 e. The number of hydrogen-bond acceptors (Lipinski definition) is 19. The summed E-state index contributed by atoms with van der Waals surface area (Å²) in [6.45, 7) is -1.96. The average molecular weight is 1710 g/mol. The minimum atomic E-state index is -5.63. The van der Waals surface area contributed by atoms with Crippen molar-refractivity contribution in [3.05, 3.63) is 81.8 Å². The SMILES string of the molecule is CC[N-]CC(F)(F)F.O=C(OCC(C(F)(F)F)S(=O)(=O)[O-])C12CC3CC(CC(C3)C1)C2.O=S(=O)([O-])CC(F)(F)C1CC2CC1C1OC(c3ccccc3)(c3ccccc3)OC21.O=S(=O)([O-])CC(F)(F)C1CC2CC1C1OC3(OC21)C1CC2CC(C1)CC3C2.O=S1(=O)[N-]CCC(F)(F)C1(F)F.[3H+].[3H+].[3H+].[3H+].[3H+].[3H+].[O-]C1=NCCC(F)(F)C1(F)F. The van der Waals surface area contributed by atoms with Crippen molar-refractivity contribution in [3.63, 3.8) is 0 Å². The second-order valence-corrected chi connectivity index (χ2v) is 37.9. The van der Waals surface area contributed by atoms with E-state index in [1.54, 1.807) is 6.92 Å². The molecule has 2 aromatic carbocycles. The normalized spacial score (nSPS) is 37.1. The highest BCUT2D eigenvalue weighted by atomic mass is 32.2. The number of nitrogens with zero attached hydrogens (tertiary/aromatic N) is 3. The summed E-state index contributed by atoms with van der Waals surface area (Å²) in [5, 5.41) is 4.99. The molecule has 15 fully saturated rings. The monoisotopic (exact) mass is 1710 g/mol. The maximum absolute atomic E-state index is 14.7. The number of fused-ring (bicyclic) bond motifs is 10. The van der Waals surface area contributed by atoms with Crippen LogP contribution in [0.2, 0.25) is 0 Å². The molecule has 4 aliphatic heterocycles. The largest absolute Gasteiger partial charge is 1.00 e. The Balaban J connectivity index is 0.000000261. The summed E-state index contributed by atoms with van der Waals surface area (Å²) in [5.41, 5.74) is 0.767. The van der Waals surface area contributed by atoms with Crippen LogP contribution in [0.1, 0.15) is 136 Å². The fraction of sp³-hybridized carbons (Fsp3) is 0.794. The zero-order valence-electron chi connectivity index (χ0n) is 64.8. The van der Waals surface area contributed by atoms with Gasteiger partial charge in [-0.2, -0.15) is 68.0 Å². The van der Waals surface area contributed by atoms with Crippen molar-refractivity contribution < 1.29 is 169 Å². The fourth-order valence-corrected chi connectivity index (χ4v) is 23.2.